The number of nitrogens with two attached hydrogens (primary N) is 1. The molecule has 0 spiro atoms. The average Bonchev–Trinajstić information content (AvgIpc) is 2.39. The third-order valence-electron chi connectivity index (χ3n) is 3.06. The van der Waals surface area contributed by atoms with Crippen molar-refractivity contribution in [1.82, 2.24) is 0 Å². The summed E-state index contributed by atoms with van der Waals surface area (Å²) in [7, 11) is 1.73. The third-order valence-corrected chi connectivity index (χ3v) is 3.06. The average molecular weight is 236 g/mol. The Balaban J connectivity index is 2.93. The monoisotopic (exact) mass is 236 g/mol. The van der Waals surface area contributed by atoms with Crippen LogP contribution in [0.2, 0.25) is 0 Å². The van der Waals surface area contributed by atoms with Gasteiger partial charge in [0.15, 0.2) is 0 Å². The Bertz CT molecular complexity index is 328. The minimum Gasteiger partial charge on any atom is -0.383 e. The number of anilines is 1. The molecule has 17 heavy (non-hydrogen) atoms. The molecule has 0 aromatic heterocycles. The van der Waals surface area contributed by atoms with Crippen LogP contribution < -0.4 is 10.6 Å². The van der Waals surface area contributed by atoms with Crippen molar-refractivity contribution in [3.63, 3.8) is 0 Å². The highest BCUT2D eigenvalue weighted by Gasteiger charge is 2.13. The van der Waals surface area contributed by atoms with E-state index >= 15 is 0 Å². The summed E-state index contributed by atoms with van der Waals surface area (Å²) in [5.41, 5.74) is 8.63. The SMILES string of the molecule is CC[C@@H](N)c1ccccc1N(CC)CCOC. The molecule has 0 bridgehead atoms. The number of nitrogens with zero attached hydrogens (tertiary/aromatic N) is 1. The van der Waals surface area contributed by atoms with Crippen molar-refractivity contribution in [3.8, 4) is 0 Å². The second kappa shape index (κ2) is 7.30. The number of hydrogen-bond acceptors (Lipinski definition) is 3. The van der Waals surface area contributed by atoms with Gasteiger partial charge in [-0.05, 0) is 25.0 Å². The number of rotatable bonds is 7. The van der Waals surface area contributed by atoms with Crippen LogP contribution in [0.25, 0.3) is 0 Å². The van der Waals surface area contributed by atoms with E-state index in [4.69, 9.17) is 10.5 Å². The van der Waals surface area contributed by atoms with Crippen LogP contribution in [0.15, 0.2) is 24.3 Å². The molecular formula is C14H24N2O. The van der Waals surface area contributed by atoms with E-state index in [0.717, 1.165) is 26.1 Å². The van der Waals surface area contributed by atoms with Crippen LogP contribution in [0.1, 0.15) is 31.9 Å². The lowest BCUT2D eigenvalue weighted by Crippen LogP contribution is -2.28. The van der Waals surface area contributed by atoms with Gasteiger partial charge in [0.2, 0.25) is 0 Å². The molecule has 96 valence electrons. The Kier molecular flexibility index (Phi) is 6.01. The van der Waals surface area contributed by atoms with Gasteiger partial charge in [0.05, 0.1) is 6.61 Å². The molecular weight excluding hydrogens is 212 g/mol. The molecule has 0 saturated carbocycles. The number of hydrogen-bond donors (Lipinski definition) is 1. The fraction of sp³-hybridized carbons (Fsp3) is 0.571. The standard InChI is InChI=1S/C14H24N2O/c1-4-13(15)12-8-6-7-9-14(12)16(5-2)10-11-17-3/h6-9,13H,4-5,10-11,15H2,1-3H3/t13-/m1/s1. The van der Waals surface area contributed by atoms with Gasteiger partial charge in [-0.2, -0.15) is 0 Å². The van der Waals surface area contributed by atoms with Crippen molar-refractivity contribution >= 4 is 5.69 Å². The highest BCUT2D eigenvalue weighted by atomic mass is 16.5. The normalized spacial score (nSPS) is 12.5. The summed E-state index contributed by atoms with van der Waals surface area (Å²) in [4.78, 5) is 2.31. The second-order valence-electron chi connectivity index (χ2n) is 4.15. The number of methoxy groups -OCH3 is 1. The van der Waals surface area contributed by atoms with Crippen molar-refractivity contribution < 1.29 is 4.74 Å². The first kappa shape index (κ1) is 14.0. The molecule has 0 saturated heterocycles. The van der Waals surface area contributed by atoms with E-state index < -0.39 is 0 Å². The number of benzene rings is 1. The smallest absolute Gasteiger partial charge is 0.0637 e. The zero-order valence-corrected chi connectivity index (χ0v) is 11.1. The highest BCUT2D eigenvalue weighted by molar-refractivity contribution is 5.54. The molecule has 1 aromatic rings. The molecule has 0 amide bonds. The first-order valence-electron chi connectivity index (χ1n) is 6.32. The topological polar surface area (TPSA) is 38.5 Å². The molecule has 0 fully saturated rings. The van der Waals surface area contributed by atoms with Crippen LogP contribution >= 0.6 is 0 Å². The van der Waals surface area contributed by atoms with Gasteiger partial charge in [-0.3, -0.25) is 0 Å². The Morgan fingerprint density at radius 2 is 2.00 bits per heavy atom. The number of para-hydroxylation sites is 1. The molecule has 0 aliphatic carbocycles. The molecule has 0 unspecified atom stereocenters. The lowest BCUT2D eigenvalue weighted by molar-refractivity contribution is 0.205. The summed E-state index contributed by atoms with van der Waals surface area (Å²) >= 11 is 0. The van der Waals surface area contributed by atoms with E-state index in [0.29, 0.717) is 0 Å². The molecule has 0 aliphatic rings. The van der Waals surface area contributed by atoms with Gasteiger partial charge in [-0.15, -0.1) is 0 Å². The van der Waals surface area contributed by atoms with Crippen molar-refractivity contribution in [2.75, 3.05) is 31.7 Å². The summed E-state index contributed by atoms with van der Waals surface area (Å²) in [6.45, 7) is 6.89. The van der Waals surface area contributed by atoms with Crippen LogP contribution in [-0.2, 0) is 4.74 Å². The van der Waals surface area contributed by atoms with Gasteiger partial charge in [-0.25, -0.2) is 0 Å². The lowest BCUT2D eigenvalue weighted by Gasteiger charge is -2.27. The molecule has 1 aromatic carbocycles. The van der Waals surface area contributed by atoms with E-state index in [-0.39, 0.29) is 6.04 Å². The van der Waals surface area contributed by atoms with Crippen molar-refractivity contribution in [2.45, 2.75) is 26.3 Å². The molecule has 0 aliphatic heterocycles. The Morgan fingerprint density at radius 3 is 2.59 bits per heavy atom. The van der Waals surface area contributed by atoms with Crippen molar-refractivity contribution in [3.05, 3.63) is 29.8 Å². The minimum absolute atomic E-state index is 0.114. The summed E-state index contributed by atoms with van der Waals surface area (Å²) in [6.07, 6.45) is 0.957. The van der Waals surface area contributed by atoms with Crippen LogP contribution in [0.3, 0.4) is 0 Å². The van der Waals surface area contributed by atoms with Gasteiger partial charge in [0.1, 0.15) is 0 Å². The Morgan fingerprint density at radius 1 is 1.29 bits per heavy atom. The summed E-state index contributed by atoms with van der Waals surface area (Å²) in [5, 5.41) is 0. The first-order valence-corrected chi connectivity index (χ1v) is 6.32. The quantitative estimate of drug-likeness (QED) is 0.790. The zero-order chi connectivity index (χ0) is 12.7. The summed E-state index contributed by atoms with van der Waals surface area (Å²) in [6, 6.07) is 8.50. The summed E-state index contributed by atoms with van der Waals surface area (Å²) < 4.78 is 5.15. The molecule has 1 rings (SSSR count). The molecule has 0 radical (unpaired) electrons. The largest absolute Gasteiger partial charge is 0.383 e. The van der Waals surface area contributed by atoms with Crippen LogP contribution in [0.5, 0.6) is 0 Å². The predicted molar refractivity (Wildman–Crippen MR) is 73.4 cm³/mol. The van der Waals surface area contributed by atoms with E-state index in [9.17, 15) is 0 Å². The van der Waals surface area contributed by atoms with Gasteiger partial charge in [-0.1, -0.05) is 25.1 Å². The van der Waals surface area contributed by atoms with E-state index in [1.165, 1.54) is 11.3 Å². The fourth-order valence-electron chi connectivity index (χ4n) is 1.96. The van der Waals surface area contributed by atoms with E-state index in [1.54, 1.807) is 7.11 Å². The third kappa shape index (κ3) is 3.72. The number of ether oxygens (including phenoxy) is 1. The molecule has 3 nitrogen and oxygen atoms in total. The second-order valence-corrected chi connectivity index (χ2v) is 4.15. The maximum Gasteiger partial charge on any atom is 0.0637 e. The fourth-order valence-corrected chi connectivity index (χ4v) is 1.96. The minimum atomic E-state index is 0.114. The molecule has 1 atom stereocenters. The Hall–Kier alpha value is -1.06. The lowest BCUT2D eigenvalue weighted by atomic mass is 10.0. The molecule has 3 heteroatoms. The zero-order valence-electron chi connectivity index (χ0n) is 11.1. The molecule has 2 N–H and O–H groups in total. The Labute approximate surface area is 105 Å². The maximum atomic E-state index is 6.16. The predicted octanol–water partition coefficient (Wildman–Crippen LogP) is 2.57. The van der Waals surface area contributed by atoms with Crippen LogP contribution in [0, 0.1) is 0 Å². The van der Waals surface area contributed by atoms with E-state index in [2.05, 4.69) is 43.0 Å². The maximum absolute atomic E-state index is 6.16. The van der Waals surface area contributed by atoms with Crippen molar-refractivity contribution in [2.24, 2.45) is 5.73 Å². The number of likely N-dealkylation sites (N-methyl/N-ethyl adjacent to an activating group) is 1. The van der Waals surface area contributed by atoms with Crippen LogP contribution in [0.4, 0.5) is 5.69 Å². The molecule has 0 heterocycles. The summed E-state index contributed by atoms with van der Waals surface area (Å²) in [5.74, 6) is 0. The first-order chi connectivity index (χ1) is 8.24. The van der Waals surface area contributed by atoms with Gasteiger partial charge in [0.25, 0.3) is 0 Å². The van der Waals surface area contributed by atoms with E-state index in [1.807, 2.05) is 0 Å². The van der Waals surface area contributed by atoms with Gasteiger partial charge < -0.3 is 15.4 Å². The van der Waals surface area contributed by atoms with Crippen molar-refractivity contribution in [1.29, 1.82) is 0 Å². The van der Waals surface area contributed by atoms with Gasteiger partial charge >= 0.3 is 0 Å². The highest BCUT2D eigenvalue weighted by Crippen LogP contribution is 2.26. The van der Waals surface area contributed by atoms with Gasteiger partial charge in [0, 0.05) is 31.9 Å². The van der Waals surface area contributed by atoms with Crippen LogP contribution in [-0.4, -0.2) is 26.8 Å².